The van der Waals surface area contributed by atoms with Gasteiger partial charge in [0.1, 0.15) is 0 Å². The number of hydrogen-bond donors (Lipinski definition) is 1. The summed E-state index contributed by atoms with van der Waals surface area (Å²) in [6, 6.07) is -0.0322. The molecule has 0 aromatic carbocycles. The van der Waals surface area contributed by atoms with Gasteiger partial charge in [0.05, 0.1) is 10.6 Å². The molecule has 2 N–H and O–H groups in total. The van der Waals surface area contributed by atoms with Gasteiger partial charge in [0.15, 0.2) is 0 Å². The van der Waals surface area contributed by atoms with Gasteiger partial charge in [-0.25, -0.2) is 0 Å². The molecule has 0 saturated heterocycles. The second kappa shape index (κ2) is 4.73. The third kappa shape index (κ3) is 3.01. The Labute approximate surface area is 95.2 Å². The van der Waals surface area contributed by atoms with E-state index in [1.54, 1.807) is 0 Å². The van der Waals surface area contributed by atoms with Crippen molar-refractivity contribution < 1.29 is 0 Å². The van der Waals surface area contributed by atoms with E-state index in [0.717, 1.165) is 17.0 Å². The van der Waals surface area contributed by atoms with Crippen LogP contribution in [-0.4, -0.2) is 9.59 Å². The quantitative estimate of drug-likeness (QED) is 0.800. The highest BCUT2D eigenvalue weighted by Crippen LogP contribution is 2.30. The van der Waals surface area contributed by atoms with Crippen LogP contribution >= 0.6 is 11.5 Å². The molecule has 0 amide bonds. The molecule has 0 aliphatic heterocycles. The summed E-state index contributed by atoms with van der Waals surface area (Å²) in [5.41, 5.74) is 7.05. The van der Waals surface area contributed by atoms with E-state index in [4.69, 9.17) is 12.2 Å². The molecule has 82 valence electrons. The molecule has 3 nitrogen and oxygen atoms in total. The Kier molecular flexibility index (Phi) is 3.83. The normalized spacial score (nSPS) is 13.5. The van der Waals surface area contributed by atoms with Crippen molar-refractivity contribution in [3.8, 4) is 12.3 Å². The average Bonchev–Trinajstić information content (AvgIpc) is 2.61. The molecule has 0 saturated carbocycles. The highest BCUT2D eigenvalue weighted by molar-refractivity contribution is 7.05. The lowest BCUT2D eigenvalue weighted by molar-refractivity contribution is 0.546. The number of nitrogens with two attached hydrogens (primary N) is 1. The maximum atomic E-state index is 6.06. The fourth-order valence-electron chi connectivity index (χ4n) is 1.33. The lowest BCUT2D eigenvalue weighted by Gasteiger charge is -2.18. The molecule has 0 spiro atoms. The summed E-state index contributed by atoms with van der Waals surface area (Å²) in [4.78, 5) is 1.07. The van der Waals surface area contributed by atoms with Gasteiger partial charge in [-0.15, -0.1) is 17.4 Å². The standard InChI is InChI=1S/C11H17N3S/c1-5-6-7-8(12)9-10(11(2,3)4)13-14-15-9/h1,8H,6-7,12H2,2-4H3. The molecule has 4 heteroatoms. The van der Waals surface area contributed by atoms with Crippen LogP contribution in [-0.2, 0) is 5.41 Å². The second-order valence-corrected chi connectivity index (χ2v) is 5.37. The van der Waals surface area contributed by atoms with Crippen LogP contribution in [0.25, 0.3) is 0 Å². The minimum absolute atomic E-state index is 0.00387. The predicted molar refractivity (Wildman–Crippen MR) is 63.6 cm³/mol. The summed E-state index contributed by atoms with van der Waals surface area (Å²) in [5, 5.41) is 4.15. The number of rotatable bonds is 3. The van der Waals surface area contributed by atoms with Gasteiger partial charge in [0, 0.05) is 17.9 Å². The Morgan fingerprint density at radius 2 is 2.20 bits per heavy atom. The third-order valence-corrected chi connectivity index (χ3v) is 3.02. The van der Waals surface area contributed by atoms with E-state index in [1.165, 1.54) is 11.5 Å². The molecule has 0 bridgehead atoms. The molecule has 1 heterocycles. The van der Waals surface area contributed by atoms with Gasteiger partial charge in [-0.05, 0) is 18.0 Å². The maximum absolute atomic E-state index is 6.06. The molecular weight excluding hydrogens is 206 g/mol. The van der Waals surface area contributed by atoms with Crippen LogP contribution in [0.3, 0.4) is 0 Å². The van der Waals surface area contributed by atoms with E-state index in [2.05, 4.69) is 36.3 Å². The summed E-state index contributed by atoms with van der Waals surface area (Å²) in [6.45, 7) is 6.34. The van der Waals surface area contributed by atoms with Crippen LogP contribution in [0.5, 0.6) is 0 Å². The maximum Gasteiger partial charge on any atom is 0.0856 e. The largest absolute Gasteiger partial charge is 0.323 e. The van der Waals surface area contributed by atoms with Crippen LogP contribution in [0.2, 0.25) is 0 Å². The lowest BCUT2D eigenvalue weighted by Crippen LogP contribution is -2.18. The Balaban J connectivity index is 2.86. The van der Waals surface area contributed by atoms with Crippen molar-refractivity contribution in [2.24, 2.45) is 5.73 Å². The van der Waals surface area contributed by atoms with Crippen molar-refractivity contribution in [3.05, 3.63) is 10.6 Å². The fourth-order valence-corrected chi connectivity index (χ4v) is 2.23. The van der Waals surface area contributed by atoms with Crippen LogP contribution in [0.4, 0.5) is 0 Å². The van der Waals surface area contributed by atoms with Crippen molar-refractivity contribution in [1.82, 2.24) is 9.59 Å². The monoisotopic (exact) mass is 223 g/mol. The first kappa shape index (κ1) is 12.2. The van der Waals surface area contributed by atoms with Gasteiger partial charge in [0.25, 0.3) is 0 Å². The molecule has 1 unspecified atom stereocenters. The molecule has 0 aliphatic rings. The summed E-state index contributed by atoms with van der Waals surface area (Å²) in [7, 11) is 0. The van der Waals surface area contributed by atoms with Crippen LogP contribution in [0.1, 0.15) is 50.2 Å². The number of hydrogen-bond acceptors (Lipinski definition) is 4. The number of terminal acetylenes is 1. The number of nitrogens with zero attached hydrogens (tertiary/aromatic N) is 2. The first-order valence-corrected chi connectivity index (χ1v) is 5.76. The molecule has 15 heavy (non-hydrogen) atoms. The SMILES string of the molecule is C#CCCC(N)c1snnc1C(C)(C)C. The minimum Gasteiger partial charge on any atom is -0.323 e. The Morgan fingerprint density at radius 3 is 2.73 bits per heavy atom. The van der Waals surface area contributed by atoms with E-state index in [-0.39, 0.29) is 11.5 Å². The van der Waals surface area contributed by atoms with E-state index < -0.39 is 0 Å². The van der Waals surface area contributed by atoms with Crippen LogP contribution < -0.4 is 5.73 Å². The van der Waals surface area contributed by atoms with Crippen molar-refractivity contribution in [1.29, 1.82) is 0 Å². The lowest BCUT2D eigenvalue weighted by atomic mass is 9.89. The Bertz CT molecular complexity index is 357. The zero-order valence-corrected chi connectivity index (χ0v) is 10.3. The smallest absolute Gasteiger partial charge is 0.0856 e. The van der Waals surface area contributed by atoms with Gasteiger partial charge in [0.2, 0.25) is 0 Å². The summed E-state index contributed by atoms with van der Waals surface area (Å²) in [6.07, 6.45) is 6.71. The molecule has 0 fully saturated rings. The molecule has 1 aromatic heterocycles. The van der Waals surface area contributed by atoms with Crippen molar-refractivity contribution in [2.75, 3.05) is 0 Å². The van der Waals surface area contributed by atoms with Crippen molar-refractivity contribution >= 4 is 11.5 Å². The first-order chi connectivity index (χ1) is 6.96. The van der Waals surface area contributed by atoms with Gasteiger partial charge in [-0.3, -0.25) is 0 Å². The van der Waals surface area contributed by atoms with Gasteiger partial charge < -0.3 is 5.73 Å². The van der Waals surface area contributed by atoms with E-state index in [9.17, 15) is 0 Å². The Morgan fingerprint density at radius 1 is 1.53 bits per heavy atom. The van der Waals surface area contributed by atoms with Crippen LogP contribution in [0.15, 0.2) is 0 Å². The van der Waals surface area contributed by atoms with Gasteiger partial charge in [-0.2, -0.15) is 0 Å². The first-order valence-electron chi connectivity index (χ1n) is 4.98. The molecule has 1 atom stereocenters. The second-order valence-electron chi connectivity index (χ2n) is 4.59. The Hall–Kier alpha value is -0.920. The summed E-state index contributed by atoms with van der Waals surface area (Å²) < 4.78 is 3.98. The number of aromatic nitrogens is 2. The third-order valence-electron chi connectivity index (χ3n) is 2.16. The average molecular weight is 223 g/mol. The van der Waals surface area contributed by atoms with Gasteiger partial charge >= 0.3 is 0 Å². The predicted octanol–water partition coefficient (Wildman–Crippen LogP) is 2.25. The highest BCUT2D eigenvalue weighted by atomic mass is 32.1. The van der Waals surface area contributed by atoms with Crippen LogP contribution in [0, 0.1) is 12.3 Å². The zero-order valence-electron chi connectivity index (χ0n) is 9.45. The topological polar surface area (TPSA) is 51.8 Å². The van der Waals surface area contributed by atoms with E-state index in [1.807, 2.05) is 0 Å². The summed E-state index contributed by atoms with van der Waals surface area (Å²) >= 11 is 1.38. The van der Waals surface area contributed by atoms with Crippen molar-refractivity contribution in [3.63, 3.8) is 0 Å². The van der Waals surface area contributed by atoms with Crippen molar-refractivity contribution in [2.45, 2.75) is 45.1 Å². The molecule has 1 aromatic rings. The van der Waals surface area contributed by atoms with Gasteiger partial charge in [-0.1, -0.05) is 25.3 Å². The minimum atomic E-state index is -0.0322. The molecule has 1 rings (SSSR count). The molecular formula is C11H17N3S. The highest BCUT2D eigenvalue weighted by Gasteiger charge is 2.25. The molecule has 0 aliphatic carbocycles. The van der Waals surface area contributed by atoms with E-state index >= 15 is 0 Å². The molecule has 0 radical (unpaired) electrons. The van der Waals surface area contributed by atoms with E-state index in [0.29, 0.717) is 6.42 Å². The fraction of sp³-hybridized carbons (Fsp3) is 0.636. The summed E-state index contributed by atoms with van der Waals surface area (Å²) in [5.74, 6) is 2.60. The zero-order chi connectivity index (χ0) is 11.5.